The topological polar surface area (TPSA) is 138 Å². The van der Waals surface area contributed by atoms with E-state index < -0.39 is 21.8 Å². The number of nitrogens with zero attached hydrogens (tertiary/aromatic N) is 2. The predicted molar refractivity (Wildman–Crippen MR) is 146 cm³/mol. The van der Waals surface area contributed by atoms with E-state index in [4.69, 9.17) is 16.3 Å². The summed E-state index contributed by atoms with van der Waals surface area (Å²) in [4.78, 5) is 12.8. The van der Waals surface area contributed by atoms with Gasteiger partial charge in [0.2, 0.25) is 0 Å². The van der Waals surface area contributed by atoms with Gasteiger partial charge in [0, 0.05) is 11.1 Å². The summed E-state index contributed by atoms with van der Waals surface area (Å²) >= 11 is 6.29. The van der Waals surface area contributed by atoms with E-state index in [-0.39, 0.29) is 26.9 Å². The molecule has 0 spiro atoms. The maximum Gasteiger partial charge on any atom is 0.294 e. The quantitative estimate of drug-likeness (QED) is 0.157. The molecule has 0 radical (unpaired) electrons. The second-order valence-electron chi connectivity index (χ2n) is 8.19. The first-order chi connectivity index (χ1) is 18.1. The molecule has 38 heavy (non-hydrogen) atoms. The summed E-state index contributed by atoms with van der Waals surface area (Å²) in [5.41, 5.74) is 0.721. The number of ether oxygens (including phenoxy) is 1. The van der Waals surface area contributed by atoms with Gasteiger partial charge < -0.3 is 15.2 Å². The Kier molecular flexibility index (Phi) is 7.96. The summed E-state index contributed by atoms with van der Waals surface area (Å²) in [6.07, 6.45) is 0.309. The first-order valence-corrected chi connectivity index (χ1v) is 13.4. The van der Waals surface area contributed by atoms with Crippen molar-refractivity contribution in [3.05, 3.63) is 82.9 Å². The summed E-state index contributed by atoms with van der Waals surface area (Å²) in [5, 5.41) is 23.2. The standard InChI is InChI=1S/C27H24ClN3O6S/c1-3-16-14-22(28)23(15-24(16)38(34,35)36)30-31-25-20-8-6-5-7-17(20)13-21(26(25)32)27(33)29-18-9-11-19(12-10-18)37-4-2/h5-15,32H,3-4H2,1-2H3,(H,29,33)(H,34,35,36). The van der Waals surface area contributed by atoms with Crippen LogP contribution in [0.15, 0.2) is 81.9 Å². The second-order valence-corrected chi connectivity index (χ2v) is 9.99. The Morgan fingerprint density at radius 1 is 1.03 bits per heavy atom. The number of rotatable bonds is 8. The number of benzene rings is 4. The van der Waals surface area contributed by atoms with Crippen molar-refractivity contribution >= 4 is 55.5 Å². The number of amides is 1. The van der Waals surface area contributed by atoms with Crippen molar-refractivity contribution in [3.8, 4) is 11.5 Å². The van der Waals surface area contributed by atoms with Gasteiger partial charge in [-0.2, -0.15) is 8.42 Å². The number of phenolic OH excluding ortho intramolecular Hbond substituents is 1. The minimum Gasteiger partial charge on any atom is -0.505 e. The second kappa shape index (κ2) is 11.2. The minimum atomic E-state index is -4.53. The van der Waals surface area contributed by atoms with Gasteiger partial charge in [0.05, 0.1) is 22.1 Å². The van der Waals surface area contributed by atoms with Crippen LogP contribution in [0.5, 0.6) is 11.5 Å². The molecule has 4 rings (SSSR count). The number of phenols is 1. The van der Waals surface area contributed by atoms with Crippen LogP contribution in [0.4, 0.5) is 17.1 Å². The van der Waals surface area contributed by atoms with Gasteiger partial charge in [0.15, 0.2) is 5.75 Å². The predicted octanol–water partition coefficient (Wildman–Crippen LogP) is 7.07. The minimum absolute atomic E-state index is 0.0102. The molecule has 0 aliphatic heterocycles. The molecule has 0 bridgehead atoms. The number of azo groups is 1. The van der Waals surface area contributed by atoms with E-state index >= 15 is 0 Å². The molecule has 11 heteroatoms. The van der Waals surface area contributed by atoms with Crippen molar-refractivity contribution in [2.24, 2.45) is 10.2 Å². The van der Waals surface area contributed by atoms with Crippen molar-refractivity contribution < 1.29 is 27.6 Å². The van der Waals surface area contributed by atoms with Gasteiger partial charge in [-0.15, -0.1) is 10.2 Å². The molecule has 0 atom stereocenters. The van der Waals surface area contributed by atoms with Gasteiger partial charge in [0.1, 0.15) is 17.1 Å². The van der Waals surface area contributed by atoms with E-state index in [1.54, 1.807) is 55.5 Å². The Morgan fingerprint density at radius 3 is 2.39 bits per heavy atom. The fourth-order valence-electron chi connectivity index (χ4n) is 3.87. The molecule has 9 nitrogen and oxygen atoms in total. The van der Waals surface area contributed by atoms with Crippen LogP contribution in [0, 0.1) is 0 Å². The van der Waals surface area contributed by atoms with Gasteiger partial charge in [-0.25, -0.2) is 0 Å². The number of fused-ring (bicyclic) bond motifs is 1. The maximum atomic E-state index is 13.1. The zero-order chi connectivity index (χ0) is 27.4. The summed E-state index contributed by atoms with van der Waals surface area (Å²) in [7, 11) is -4.53. The molecule has 196 valence electrons. The average molecular weight is 554 g/mol. The number of carbonyl (C=O) groups excluding carboxylic acids is 1. The van der Waals surface area contributed by atoms with Gasteiger partial charge in [-0.05, 0) is 66.8 Å². The molecule has 3 N–H and O–H groups in total. The Bertz CT molecular complexity index is 1650. The first-order valence-electron chi connectivity index (χ1n) is 11.6. The third-order valence-corrected chi connectivity index (χ3v) is 6.95. The smallest absolute Gasteiger partial charge is 0.294 e. The first kappa shape index (κ1) is 27.1. The molecule has 0 heterocycles. The van der Waals surface area contributed by atoms with Crippen LogP contribution >= 0.6 is 11.6 Å². The van der Waals surface area contributed by atoms with E-state index in [0.29, 0.717) is 40.8 Å². The third kappa shape index (κ3) is 5.77. The van der Waals surface area contributed by atoms with Crippen molar-refractivity contribution in [1.82, 2.24) is 0 Å². The zero-order valence-corrected chi connectivity index (χ0v) is 22.0. The normalized spacial score (nSPS) is 11.7. The van der Waals surface area contributed by atoms with Crippen molar-refractivity contribution in [1.29, 1.82) is 0 Å². The highest BCUT2D eigenvalue weighted by Gasteiger charge is 2.20. The van der Waals surface area contributed by atoms with E-state index in [2.05, 4.69) is 15.5 Å². The SMILES string of the molecule is CCOc1ccc(NC(=O)c2cc3ccccc3c(N=Nc3cc(S(=O)(=O)O)c(CC)cc3Cl)c2O)cc1. The highest BCUT2D eigenvalue weighted by molar-refractivity contribution is 7.85. The molecule has 0 aliphatic rings. The van der Waals surface area contributed by atoms with Crippen molar-refractivity contribution in [2.45, 2.75) is 25.2 Å². The van der Waals surface area contributed by atoms with Crippen molar-refractivity contribution in [3.63, 3.8) is 0 Å². The molecular formula is C27H24ClN3O6S. The largest absolute Gasteiger partial charge is 0.505 e. The molecule has 4 aromatic carbocycles. The molecule has 0 fully saturated rings. The molecule has 0 aliphatic carbocycles. The Hall–Kier alpha value is -3.99. The lowest BCUT2D eigenvalue weighted by molar-refractivity contribution is 0.102. The number of halogens is 1. The summed E-state index contributed by atoms with van der Waals surface area (Å²) in [6, 6.07) is 17.8. The highest BCUT2D eigenvalue weighted by Crippen LogP contribution is 2.41. The maximum absolute atomic E-state index is 13.1. The molecule has 0 saturated heterocycles. The number of anilines is 1. The van der Waals surface area contributed by atoms with Crippen LogP contribution in [-0.2, 0) is 16.5 Å². The monoisotopic (exact) mass is 553 g/mol. The Labute approximate surface area is 224 Å². The third-order valence-electron chi connectivity index (χ3n) is 5.71. The molecular weight excluding hydrogens is 530 g/mol. The zero-order valence-electron chi connectivity index (χ0n) is 20.5. The van der Waals surface area contributed by atoms with Crippen LogP contribution in [0.3, 0.4) is 0 Å². The van der Waals surface area contributed by atoms with Crippen LogP contribution in [-0.4, -0.2) is 30.6 Å². The Morgan fingerprint density at radius 2 is 1.74 bits per heavy atom. The average Bonchev–Trinajstić information content (AvgIpc) is 2.88. The fraction of sp³-hybridized carbons (Fsp3) is 0.148. The fourth-order valence-corrected chi connectivity index (χ4v) is 4.89. The summed E-state index contributed by atoms with van der Waals surface area (Å²) in [6.45, 7) is 4.10. The lowest BCUT2D eigenvalue weighted by Gasteiger charge is -2.12. The Balaban J connectivity index is 1.76. The van der Waals surface area contributed by atoms with E-state index in [1.165, 1.54) is 12.1 Å². The molecule has 4 aromatic rings. The number of carbonyl (C=O) groups is 1. The number of aryl methyl sites for hydroxylation is 1. The van der Waals surface area contributed by atoms with Crippen LogP contribution < -0.4 is 10.1 Å². The molecule has 0 saturated carbocycles. The van der Waals surface area contributed by atoms with Crippen LogP contribution in [0.2, 0.25) is 5.02 Å². The van der Waals surface area contributed by atoms with Gasteiger partial charge in [-0.3, -0.25) is 9.35 Å². The van der Waals surface area contributed by atoms with Crippen LogP contribution in [0.25, 0.3) is 10.8 Å². The number of hydrogen-bond acceptors (Lipinski definition) is 7. The molecule has 0 aromatic heterocycles. The summed E-state index contributed by atoms with van der Waals surface area (Å²) < 4.78 is 38.7. The highest BCUT2D eigenvalue weighted by atomic mass is 35.5. The number of hydrogen-bond donors (Lipinski definition) is 3. The van der Waals surface area contributed by atoms with Crippen molar-refractivity contribution in [2.75, 3.05) is 11.9 Å². The lowest BCUT2D eigenvalue weighted by atomic mass is 10.0. The van der Waals surface area contributed by atoms with Gasteiger partial charge in [0.25, 0.3) is 16.0 Å². The van der Waals surface area contributed by atoms with E-state index in [0.717, 1.165) is 6.07 Å². The van der Waals surface area contributed by atoms with E-state index in [1.807, 2.05) is 6.92 Å². The lowest BCUT2D eigenvalue weighted by Crippen LogP contribution is -2.12. The number of aromatic hydroxyl groups is 1. The van der Waals surface area contributed by atoms with E-state index in [9.17, 15) is 22.9 Å². The molecule has 0 unspecified atom stereocenters. The van der Waals surface area contributed by atoms with Crippen LogP contribution in [0.1, 0.15) is 29.8 Å². The molecule has 1 amide bonds. The summed E-state index contributed by atoms with van der Waals surface area (Å²) in [5.74, 6) is -0.343. The van der Waals surface area contributed by atoms with Gasteiger partial charge >= 0.3 is 0 Å². The van der Waals surface area contributed by atoms with Gasteiger partial charge in [-0.1, -0.05) is 42.8 Å². The number of nitrogens with one attached hydrogen (secondary N) is 1.